The van der Waals surface area contributed by atoms with Gasteiger partial charge in [0.1, 0.15) is 62.2 Å². The number of benzene rings is 3. The molecule has 434 valence electrons. The predicted molar refractivity (Wildman–Crippen MR) is 321 cm³/mol. The number of nitrogens with zero attached hydrogens (tertiary/aromatic N) is 7. The average molecular weight is 1160 g/mol. The minimum atomic E-state index is -0.588. The van der Waals surface area contributed by atoms with Gasteiger partial charge in [-0.2, -0.15) is 0 Å². The third kappa shape index (κ3) is 14.6. The number of aromatic nitrogens is 6. The Morgan fingerprint density at radius 2 is 1.01 bits per heavy atom. The quantitative estimate of drug-likeness (QED) is 0.0800. The largest absolute Gasteiger partial charge is 0.445 e. The molecular weight excluding hydrogens is 1080 g/mol. The van der Waals surface area contributed by atoms with Crippen LogP contribution in [0, 0.1) is 0 Å². The molecule has 7 aromatic rings. The first kappa shape index (κ1) is 57.8. The Bertz CT molecular complexity index is 3420. The van der Waals surface area contributed by atoms with E-state index in [1.165, 1.54) is 22.7 Å². The van der Waals surface area contributed by atoms with Gasteiger partial charge in [0.25, 0.3) is 11.1 Å². The molecule has 0 unspecified atom stereocenters. The second-order valence-electron chi connectivity index (χ2n) is 23.5. The van der Waals surface area contributed by atoms with Crippen LogP contribution in [-0.2, 0) is 20.8 Å². The Kier molecular flexibility index (Phi) is 17.9. The highest BCUT2D eigenvalue weighted by Gasteiger charge is 2.33. The van der Waals surface area contributed by atoms with E-state index in [1.807, 2.05) is 120 Å². The van der Waals surface area contributed by atoms with Gasteiger partial charge in [-0.05, 0) is 136 Å². The highest BCUT2D eigenvalue weighted by Crippen LogP contribution is 2.36. The zero-order valence-corrected chi connectivity index (χ0v) is 49.2. The Morgan fingerprint density at radius 3 is 1.48 bits per heavy atom. The van der Waals surface area contributed by atoms with Crippen LogP contribution in [0.1, 0.15) is 122 Å². The summed E-state index contributed by atoms with van der Waals surface area (Å²) in [5, 5.41) is 11.6. The average Bonchev–Trinajstić information content (AvgIpc) is 4.14. The standard InChI is InChI=1S/C34H40N6O5S.C26H34N6O3S/c1-34(2,3)45-33(43)40-17-9-12-24(20-40)35-29-27(31-36-25-13-7-8-14-26(25)46-31)30(41)38-28(37-29)23-15-18-39(19-16-23)32(42)44-21-22-10-5-4-6-11-22;1-26(2,3)35-25(34)32-14-6-7-17(15-32)28-22-20(24-29-18-8-4-5-9-19(18)36-24)23(33)31-21(30-22)16-10-12-27-13-11-16/h4-8,10-11,13-14,23-24H,9,12,15-21H2,1-3H3,(H2,35,37,38,41);4-5,8-9,16-17,27H,6-7,10-15H2,1-3H3,(H2,28,30,31,33)/t24-;17-/m11/s1. The van der Waals surface area contributed by atoms with Crippen LogP contribution in [0.15, 0.2) is 88.5 Å². The Balaban J connectivity index is 0.000000189. The number of nitrogens with one attached hydrogen (secondary N) is 5. The third-order valence-electron chi connectivity index (χ3n) is 14.8. The summed E-state index contributed by atoms with van der Waals surface area (Å²) < 4.78 is 18.8. The van der Waals surface area contributed by atoms with Crippen molar-refractivity contribution in [3.05, 3.63) is 117 Å². The lowest BCUT2D eigenvalue weighted by atomic mass is 9.96. The number of carbonyl (C=O) groups is 3. The van der Waals surface area contributed by atoms with Gasteiger partial charge in [-0.1, -0.05) is 54.6 Å². The number of anilines is 2. The van der Waals surface area contributed by atoms with E-state index in [1.54, 1.807) is 14.7 Å². The van der Waals surface area contributed by atoms with E-state index in [2.05, 4.69) is 25.9 Å². The molecule has 4 saturated heterocycles. The second-order valence-corrected chi connectivity index (χ2v) is 25.5. The van der Waals surface area contributed by atoms with Gasteiger partial charge in [-0.15, -0.1) is 22.7 Å². The van der Waals surface area contributed by atoms with E-state index < -0.39 is 11.2 Å². The van der Waals surface area contributed by atoms with Gasteiger partial charge in [0.15, 0.2) is 0 Å². The van der Waals surface area contributed by atoms with Crippen LogP contribution in [0.25, 0.3) is 41.6 Å². The molecule has 20 nitrogen and oxygen atoms in total. The van der Waals surface area contributed by atoms with Crippen LogP contribution in [0.2, 0.25) is 0 Å². The number of hydrogen-bond acceptors (Lipinski definition) is 17. The summed E-state index contributed by atoms with van der Waals surface area (Å²) in [4.78, 5) is 96.4. The predicted octanol–water partition coefficient (Wildman–Crippen LogP) is 10.7. The number of piperidine rings is 4. The summed E-state index contributed by atoms with van der Waals surface area (Å²) in [5.74, 6) is 2.46. The van der Waals surface area contributed by atoms with Crippen molar-refractivity contribution < 1.29 is 28.6 Å². The van der Waals surface area contributed by atoms with Crippen molar-refractivity contribution in [3.63, 3.8) is 0 Å². The van der Waals surface area contributed by atoms with Crippen molar-refractivity contribution in [3.8, 4) is 21.1 Å². The fourth-order valence-corrected chi connectivity index (χ4v) is 12.8. The van der Waals surface area contributed by atoms with E-state index in [0.29, 0.717) is 96.5 Å². The number of para-hydroxylation sites is 2. The third-order valence-corrected chi connectivity index (χ3v) is 16.9. The smallest absolute Gasteiger partial charge is 0.410 e. The molecule has 3 aromatic carbocycles. The summed E-state index contributed by atoms with van der Waals surface area (Å²) in [6.45, 7) is 16.4. The van der Waals surface area contributed by atoms with Gasteiger partial charge in [-0.3, -0.25) is 9.59 Å². The van der Waals surface area contributed by atoms with Crippen LogP contribution in [0.4, 0.5) is 26.0 Å². The molecule has 4 fully saturated rings. The fourth-order valence-electron chi connectivity index (χ4n) is 10.7. The molecule has 3 amide bonds. The van der Waals surface area contributed by atoms with Gasteiger partial charge in [0.2, 0.25) is 0 Å². The van der Waals surface area contributed by atoms with E-state index in [-0.39, 0.29) is 59.9 Å². The molecule has 82 heavy (non-hydrogen) atoms. The van der Waals surface area contributed by atoms with E-state index in [4.69, 9.17) is 34.1 Å². The van der Waals surface area contributed by atoms with Crippen molar-refractivity contribution in [2.24, 2.45) is 0 Å². The zero-order chi connectivity index (χ0) is 57.5. The maximum atomic E-state index is 13.8. The van der Waals surface area contributed by atoms with E-state index >= 15 is 0 Å². The molecule has 0 aliphatic carbocycles. The topological polar surface area (TPSA) is 242 Å². The molecule has 0 spiro atoms. The summed E-state index contributed by atoms with van der Waals surface area (Å²) in [6, 6.07) is 25.1. The van der Waals surface area contributed by atoms with Crippen molar-refractivity contribution in [2.75, 3.05) is 63.0 Å². The number of ether oxygens (including phenoxy) is 3. The number of likely N-dealkylation sites (tertiary alicyclic amines) is 3. The SMILES string of the molecule is CC(C)(C)OC(=O)N1CCC[C@@H](Nc2nc(C3CCN(C(=O)OCc4ccccc4)CC3)[nH]c(=O)c2-c2nc3ccccc3s2)C1.CC(C)(C)OC(=O)N1CCC[C@@H](Nc2nc(C3CCNCC3)[nH]c(=O)c2-c2nc3ccccc3s2)C1. The maximum Gasteiger partial charge on any atom is 0.410 e. The molecule has 4 aliphatic heterocycles. The number of rotatable bonds is 10. The number of thiazole rings is 2. The molecule has 8 heterocycles. The maximum absolute atomic E-state index is 13.8. The minimum absolute atomic E-state index is 0.0412. The molecule has 5 N–H and O–H groups in total. The lowest BCUT2D eigenvalue weighted by Crippen LogP contribution is -2.47. The molecule has 4 aliphatic rings. The van der Waals surface area contributed by atoms with Crippen LogP contribution in [0.3, 0.4) is 0 Å². The first-order chi connectivity index (χ1) is 39.4. The number of aromatic amines is 2. The van der Waals surface area contributed by atoms with Crippen molar-refractivity contribution in [1.29, 1.82) is 0 Å². The summed E-state index contributed by atoms with van der Waals surface area (Å²) >= 11 is 2.94. The van der Waals surface area contributed by atoms with Crippen LogP contribution < -0.4 is 27.1 Å². The molecule has 0 bridgehead atoms. The Hall–Kier alpha value is -7.43. The van der Waals surface area contributed by atoms with Gasteiger partial charge in [0.05, 0.1) is 20.4 Å². The first-order valence-electron chi connectivity index (χ1n) is 28.6. The van der Waals surface area contributed by atoms with Crippen LogP contribution in [0.5, 0.6) is 0 Å². The minimum Gasteiger partial charge on any atom is -0.445 e. The van der Waals surface area contributed by atoms with Crippen molar-refractivity contribution in [2.45, 2.75) is 135 Å². The van der Waals surface area contributed by atoms with Crippen molar-refractivity contribution in [1.82, 2.24) is 49.9 Å². The number of H-pyrrole nitrogens is 2. The summed E-state index contributed by atoms with van der Waals surface area (Å²) in [5.41, 5.74) is 1.88. The zero-order valence-electron chi connectivity index (χ0n) is 47.5. The molecular formula is C60H74N12O8S2. The number of amides is 3. The molecule has 4 aromatic heterocycles. The van der Waals surface area contributed by atoms with Crippen LogP contribution >= 0.6 is 22.7 Å². The fraction of sp³-hybridized carbons (Fsp3) is 0.483. The molecule has 22 heteroatoms. The van der Waals surface area contributed by atoms with Crippen LogP contribution in [-0.4, -0.2) is 139 Å². The molecule has 0 radical (unpaired) electrons. The number of fused-ring (bicyclic) bond motifs is 2. The highest BCUT2D eigenvalue weighted by molar-refractivity contribution is 7.22. The lowest BCUT2D eigenvalue weighted by molar-refractivity contribution is 0.0196. The number of hydrogen-bond donors (Lipinski definition) is 5. The Labute approximate surface area is 484 Å². The monoisotopic (exact) mass is 1150 g/mol. The summed E-state index contributed by atoms with van der Waals surface area (Å²) in [7, 11) is 0. The van der Waals surface area contributed by atoms with Gasteiger partial charge < -0.3 is 54.8 Å². The Morgan fingerprint density at radius 1 is 0.561 bits per heavy atom. The van der Waals surface area contributed by atoms with E-state index in [9.17, 15) is 24.0 Å². The summed E-state index contributed by atoms with van der Waals surface area (Å²) in [6.07, 6.45) is 5.45. The molecule has 0 saturated carbocycles. The highest BCUT2D eigenvalue weighted by atomic mass is 32.1. The molecule has 2 atom stereocenters. The molecule has 11 rings (SSSR count). The lowest BCUT2D eigenvalue weighted by Gasteiger charge is -2.35. The normalized spacial score (nSPS) is 18.4. The number of carbonyl (C=O) groups excluding carboxylic acids is 3. The van der Waals surface area contributed by atoms with Gasteiger partial charge in [0, 0.05) is 63.2 Å². The second kappa shape index (κ2) is 25.4. The van der Waals surface area contributed by atoms with Gasteiger partial charge in [-0.25, -0.2) is 34.3 Å². The van der Waals surface area contributed by atoms with Crippen molar-refractivity contribution >= 4 is 73.0 Å². The first-order valence-corrected chi connectivity index (χ1v) is 30.2. The van der Waals surface area contributed by atoms with Gasteiger partial charge >= 0.3 is 18.3 Å². The van der Waals surface area contributed by atoms with E-state index in [0.717, 1.165) is 77.6 Å².